The highest BCUT2D eigenvalue weighted by atomic mass is 19.4. The molecule has 4 aromatic rings. The van der Waals surface area contributed by atoms with Crippen molar-refractivity contribution >= 4 is 22.8 Å². The van der Waals surface area contributed by atoms with Crippen LogP contribution in [0.4, 0.5) is 13.2 Å². The summed E-state index contributed by atoms with van der Waals surface area (Å²) in [7, 11) is 0. The van der Waals surface area contributed by atoms with Crippen LogP contribution in [0.3, 0.4) is 0 Å². The fraction of sp³-hybridized carbons (Fsp3) is 0.240. The summed E-state index contributed by atoms with van der Waals surface area (Å²) in [4.78, 5) is 33.0. The maximum Gasteiger partial charge on any atom is 0.490 e. The number of para-hydroxylation sites is 1. The lowest BCUT2D eigenvalue weighted by Crippen LogP contribution is -2.48. The minimum atomic E-state index is -5.09. The van der Waals surface area contributed by atoms with Crippen LogP contribution in [0.15, 0.2) is 48.8 Å². The summed E-state index contributed by atoms with van der Waals surface area (Å²) in [5.41, 5.74) is 6.08. The molecule has 1 aliphatic heterocycles. The first kappa shape index (κ1) is 22.2. The van der Waals surface area contributed by atoms with Gasteiger partial charge in [0.05, 0.1) is 29.5 Å². The zero-order valence-electron chi connectivity index (χ0n) is 18.7. The SMILES string of the molecule is O=C1NC(COC(=O)C(F)(F)F)Cn2nc3c(c21)CCc1cnc(-c2cnc4ccccc4c2)cc1-3. The molecule has 0 radical (unpaired) electrons. The molecule has 2 aliphatic rings. The Hall–Kier alpha value is -4.28. The molecular formula is C25H18F3N5O3. The number of fused-ring (bicyclic) bond motifs is 6. The monoisotopic (exact) mass is 493 g/mol. The first-order valence-corrected chi connectivity index (χ1v) is 11.3. The van der Waals surface area contributed by atoms with Crippen molar-refractivity contribution in [3.8, 4) is 22.5 Å². The van der Waals surface area contributed by atoms with Crippen LogP contribution in [0, 0.1) is 0 Å². The number of benzene rings is 1. The Kier molecular flexibility index (Phi) is 5.02. The average Bonchev–Trinajstić information content (AvgIpc) is 3.25. The van der Waals surface area contributed by atoms with E-state index in [4.69, 9.17) is 0 Å². The second kappa shape index (κ2) is 8.14. The molecule has 36 heavy (non-hydrogen) atoms. The van der Waals surface area contributed by atoms with Crippen molar-refractivity contribution in [3.05, 3.63) is 65.6 Å². The van der Waals surface area contributed by atoms with Crippen LogP contribution in [-0.2, 0) is 28.9 Å². The van der Waals surface area contributed by atoms with Crippen LogP contribution in [0.5, 0.6) is 0 Å². The number of aromatic nitrogens is 4. The highest BCUT2D eigenvalue weighted by Gasteiger charge is 2.42. The average molecular weight is 493 g/mol. The van der Waals surface area contributed by atoms with Crippen molar-refractivity contribution in [1.82, 2.24) is 25.1 Å². The summed E-state index contributed by atoms with van der Waals surface area (Å²) in [5, 5.41) is 8.26. The summed E-state index contributed by atoms with van der Waals surface area (Å²) in [6, 6.07) is 10.9. The number of carbonyl (C=O) groups is 2. The van der Waals surface area contributed by atoms with Gasteiger partial charge < -0.3 is 10.1 Å². The molecular weight excluding hydrogens is 475 g/mol. The number of amides is 1. The minimum Gasteiger partial charge on any atom is -0.457 e. The normalized spacial score (nSPS) is 16.6. The molecule has 11 heteroatoms. The van der Waals surface area contributed by atoms with Crippen LogP contribution in [-0.4, -0.2) is 50.4 Å². The summed E-state index contributed by atoms with van der Waals surface area (Å²) in [6.45, 7) is -0.519. The third-order valence-electron chi connectivity index (χ3n) is 6.41. The van der Waals surface area contributed by atoms with Gasteiger partial charge in [-0.1, -0.05) is 18.2 Å². The molecule has 0 bridgehead atoms. The van der Waals surface area contributed by atoms with Crippen molar-refractivity contribution in [2.45, 2.75) is 31.6 Å². The van der Waals surface area contributed by atoms with E-state index < -0.39 is 30.7 Å². The number of pyridine rings is 2. The smallest absolute Gasteiger partial charge is 0.457 e. The number of nitrogens with one attached hydrogen (secondary N) is 1. The van der Waals surface area contributed by atoms with Gasteiger partial charge in [0.1, 0.15) is 12.3 Å². The Morgan fingerprint density at radius 3 is 2.81 bits per heavy atom. The highest BCUT2D eigenvalue weighted by molar-refractivity contribution is 5.97. The summed E-state index contributed by atoms with van der Waals surface area (Å²) in [6.07, 6.45) is -0.272. The number of rotatable bonds is 3. The fourth-order valence-electron chi connectivity index (χ4n) is 4.73. The summed E-state index contributed by atoms with van der Waals surface area (Å²) >= 11 is 0. The number of alkyl halides is 3. The Balaban J connectivity index is 1.32. The Bertz CT molecular complexity index is 1550. The molecule has 0 fully saturated rings. The number of hydrogen-bond donors (Lipinski definition) is 1. The van der Waals surface area contributed by atoms with Crippen LogP contribution in [0.25, 0.3) is 33.4 Å². The molecule has 182 valence electrons. The number of aryl methyl sites for hydroxylation is 1. The third-order valence-corrected chi connectivity index (χ3v) is 6.41. The van der Waals surface area contributed by atoms with Crippen molar-refractivity contribution in [2.24, 2.45) is 0 Å². The predicted molar refractivity (Wildman–Crippen MR) is 122 cm³/mol. The van der Waals surface area contributed by atoms with Crippen LogP contribution in [0.1, 0.15) is 21.6 Å². The highest BCUT2D eigenvalue weighted by Crippen LogP contribution is 2.37. The van der Waals surface area contributed by atoms with Gasteiger partial charge in [0.25, 0.3) is 5.91 Å². The Morgan fingerprint density at radius 2 is 1.97 bits per heavy atom. The standard InChI is InChI=1S/C25H18F3N5O3/c26-25(27,28)24(35)36-12-16-11-33-22(23(34)31-16)17-6-5-14-9-30-20(8-18(14)21(17)32-33)15-7-13-3-1-2-4-19(13)29-10-15/h1-4,7-10,16H,5-6,11-12H2,(H,31,34). The molecule has 1 aliphatic carbocycles. The maximum atomic E-state index is 12.8. The van der Waals surface area contributed by atoms with Gasteiger partial charge in [-0.25, -0.2) is 4.79 Å². The van der Waals surface area contributed by atoms with Gasteiger partial charge >= 0.3 is 12.1 Å². The largest absolute Gasteiger partial charge is 0.490 e. The molecule has 0 spiro atoms. The number of hydrogen-bond acceptors (Lipinski definition) is 6. The molecule has 1 amide bonds. The van der Waals surface area contributed by atoms with Crippen molar-refractivity contribution < 1.29 is 27.5 Å². The van der Waals surface area contributed by atoms with Gasteiger partial charge in [0, 0.05) is 34.5 Å². The summed E-state index contributed by atoms with van der Waals surface area (Å²) < 4.78 is 43.2. The number of ether oxygens (including phenoxy) is 1. The molecule has 1 atom stereocenters. The lowest BCUT2D eigenvalue weighted by atomic mass is 9.89. The minimum absolute atomic E-state index is 0.0844. The molecule has 1 aromatic carbocycles. The van der Waals surface area contributed by atoms with Crippen molar-refractivity contribution in [1.29, 1.82) is 0 Å². The number of esters is 1. The number of halogens is 3. The Labute approximate surface area is 202 Å². The third kappa shape index (κ3) is 3.76. The fourth-order valence-corrected chi connectivity index (χ4v) is 4.73. The van der Waals surface area contributed by atoms with Gasteiger partial charge in [-0.3, -0.25) is 19.4 Å². The van der Waals surface area contributed by atoms with Gasteiger partial charge in [-0.15, -0.1) is 0 Å². The van der Waals surface area contributed by atoms with Gasteiger partial charge in [-0.2, -0.15) is 18.3 Å². The van der Waals surface area contributed by atoms with Crippen LogP contribution >= 0.6 is 0 Å². The first-order valence-electron chi connectivity index (χ1n) is 11.3. The Morgan fingerprint density at radius 1 is 1.14 bits per heavy atom. The molecule has 1 unspecified atom stereocenters. The lowest BCUT2D eigenvalue weighted by molar-refractivity contribution is -0.200. The van der Waals surface area contributed by atoms with Gasteiger partial charge in [0.2, 0.25) is 0 Å². The second-order valence-corrected chi connectivity index (χ2v) is 8.77. The van der Waals surface area contributed by atoms with E-state index in [1.54, 1.807) is 12.4 Å². The van der Waals surface area contributed by atoms with E-state index >= 15 is 0 Å². The van der Waals surface area contributed by atoms with Crippen molar-refractivity contribution in [3.63, 3.8) is 0 Å². The van der Waals surface area contributed by atoms with Gasteiger partial charge in [0.15, 0.2) is 0 Å². The summed E-state index contributed by atoms with van der Waals surface area (Å²) in [5.74, 6) is -2.75. The first-order chi connectivity index (χ1) is 17.3. The molecule has 8 nitrogen and oxygen atoms in total. The van der Waals surface area contributed by atoms with E-state index in [-0.39, 0.29) is 6.54 Å². The maximum absolute atomic E-state index is 12.8. The quantitative estimate of drug-likeness (QED) is 0.439. The van der Waals surface area contributed by atoms with E-state index in [1.165, 1.54) is 4.68 Å². The van der Waals surface area contributed by atoms with Crippen molar-refractivity contribution in [2.75, 3.05) is 6.61 Å². The zero-order chi connectivity index (χ0) is 25.0. The predicted octanol–water partition coefficient (Wildman–Crippen LogP) is 3.48. The molecule has 6 rings (SSSR count). The number of nitrogens with zero attached hydrogens (tertiary/aromatic N) is 4. The molecule has 4 heterocycles. The van der Waals surface area contributed by atoms with Crippen LogP contribution < -0.4 is 5.32 Å². The molecule has 3 aromatic heterocycles. The lowest BCUT2D eigenvalue weighted by Gasteiger charge is -2.25. The zero-order valence-corrected chi connectivity index (χ0v) is 18.7. The number of carbonyl (C=O) groups excluding carboxylic acids is 2. The van der Waals surface area contributed by atoms with Crippen LogP contribution in [0.2, 0.25) is 0 Å². The van der Waals surface area contributed by atoms with E-state index in [0.717, 1.165) is 33.2 Å². The molecule has 0 saturated carbocycles. The topological polar surface area (TPSA) is 99.0 Å². The van der Waals surface area contributed by atoms with Gasteiger partial charge in [-0.05, 0) is 36.6 Å². The van der Waals surface area contributed by atoms with E-state index in [0.29, 0.717) is 29.9 Å². The van der Waals surface area contributed by atoms with E-state index in [1.807, 2.05) is 36.4 Å². The van der Waals surface area contributed by atoms with E-state index in [9.17, 15) is 22.8 Å². The second-order valence-electron chi connectivity index (χ2n) is 8.77. The molecule has 0 saturated heterocycles. The van der Waals surface area contributed by atoms with E-state index in [2.05, 4.69) is 25.1 Å². The molecule has 1 N–H and O–H groups in total.